The standard InChI is InChI=1S/C14H27N3O2/c1-12-11-13(3-4-15-12)14(18)16(2)5-6-17-7-9-19-10-8-17/h12-13,15H,3-11H2,1-2H3/t12-,13-/m0/s1. The van der Waals surface area contributed by atoms with Gasteiger partial charge >= 0.3 is 0 Å². The van der Waals surface area contributed by atoms with Crippen LogP contribution in [0.15, 0.2) is 0 Å². The zero-order chi connectivity index (χ0) is 13.7. The molecule has 19 heavy (non-hydrogen) atoms. The van der Waals surface area contributed by atoms with Gasteiger partial charge in [0.2, 0.25) is 5.91 Å². The van der Waals surface area contributed by atoms with E-state index in [4.69, 9.17) is 4.74 Å². The van der Waals surface area contributed by atoms with Gasteiger partial charge in [-0.1, -0.05) is 0 Å². The number of hydrogen-bond donors (Lipinski definition) is 1. The van der Waals surface area contributed by atoms with Gasteiger partial charge in [-0.25, -0.2) is 0 Å². The summed E-state index contributed by atoms with van der Waals surface area (Å²) in [5.41, 5.74) is 0. The lowest BCUT2D eigenvalue weighted by Crippen LogP contribution is -2.46. The highest BCUT2D eigenvalue weighted by atomic mass is 16.5. The van der Waals surface area contributed by atoms with Crippen LogP contribution in [0.25, 0.3) is 0 Å². The summed E-state index contributed by atoms with van der Waals surface area (Å²) in [5.74, 6) is 0.535. The van der Waals surface area contributed by atoms with Crippen LogP contribution in [0.5, 0.6) is 0 Å². The zero-order valence-electron chi connectivity index (χ0n) is 12.2. The van der Waals surface area contributed by atoms with Crippen LogP contribution in [0.1, 0.15) is 19.8 Å². The fourth-order valence-corrected chi connectivity index (χ4v) is 2.89. The lowest BCUT2D eigenvalue weighted by molar-refractivity contribution is -0.135. The molecule has 5 nitrogen and oxygen atoms in total. The first-order valence-corrected chi connectivity index (χ1v) is 7.45. The number of carbonyl (C=O) groups excluding carboxylic acids is 1. The molecule has 0 saturated carbocycles. The molecule has 2 saturated heterocycles. The first-order chi connectivity index (χ1) is 9.16. The van der Waals surface area contributed by atoms with Gasteiger partial charge in [0.25, 0.3) is 0 Å². The van der Waals surface area contributed by atoms with Crippen LogP contribution in [0.4, 0.5) is 0 Å². The van der Waals surface area contributed by atoms with E-state index in [1.165, 1.54) is 0 Å². The van der Waals surface area contributed by atoms with Crippen molar-refractivity contribution in [3.63, 3.8) is 0 Å². The van der Waals surface area contributed by atoms with Gasteiger partial charge in [0.1, 0.15) is 0 Å². The number of morpholine rings is 1. The molecule has 0 aromatic carbocycles. The van der Waals surface area contributed by atoms with Crippen LogP contribution in [-0.4, -0.2) is 74.7 Å². The van der Waals surface area contributed by atoms with E-state index in [0.29, 0.717) is 11.9 Å². The average Bonchev–Trinajstić information content (AvgIpc) is 2.45. The van der Waals surface area contributed by atoms with Crippen LogP contribution >= 0.6 is 0 Å². The summed E-state index contributed by atoms with van der Waals surface area (Å²) >= 11 is 0. The van der Waals surface area contributed by atoms with Crippen molar-refractivity contribution in [3.05, 3.63) is 0 Å². The molecule has 1 N–H and O–H groups in total. The number of hydrogen-bond acceptors (Lipinski definition) is 4. The fourth-order valence-electron chi connectivity index (χ4n) is 2.89. The first kappa shape index (κ1) is 14.8. The van der Waals surface area contributed by atoms with E-state index in [1.54, 1.807) is 0 Å². The topological polar surface area (TPSA) is 44.8 Å². The van der Waals surface area contributed by atoms with E-state index in [-0.39, 0.29) is 5.92 Å². The van der Waals surface area contributed by atoms with Gasteiger partial charge in [0, 0.05) is 45.2 Å². The van der Waals surface area contributed by atoms with Crippen molar-refractivity contribution in [2.24, 2.45) is 5.92 Å². The van der Waals surface area contributed by atoms with Gasteiger partial charge in [0.05, 0.1) is 13.2 Å². The molecule has 0 spiro atoms. The van der Waals surface area contributed by atoms with Crippen molar-refractivity contribution in [3.8, 4) is 0 Å². The Morgan fingerprint density at radius 3 is 2.84 bits per heavy atom. The van der Waals surface area contributed by atoms with Crippen molar-refractivity contribution < 1.29 is 9.53 Å². The Bertz CT molecular complexity index is 292. The molecular formula is C14H27N3O2. The summed E-state index contributed by atoms with van der Waals surface area (Å²) in [6.45, 7) is 8.55. The van der Waals surface area contributed by atoms with Gasteiger partial charge in [-0.3, -0.25) is 9.69 Å². The number of ether oxygens (including phenoxy) is 1. The van der Waals surface area contributed by atoms with E-state index in [2.05, 4.69) is 17.1 Å². The zero-order valence-corrected chi connectivity index (χ0v) is 12.2. The number of nitrogens with one attached hydrogen (secondary N) is 1. The molecule has 110 valence electrons. The van der Waals surface area contributed by atoms with Crippen molar-refractivity contribution in [2.75, 3.05) is 53.0 Å². The van der Waals surface area contributed by atoms with Gasteiger partial charge < -0.3 is 15.0 Å². The third kappa shape index (κ3) is 4.44. The molecule has 2 fully saturated rings. The molecule has 1 amide bonds. The molecule has 0 bridgehead atoms. The smallest absolute Gasteiger partial charge is 0.225 e. The Hall–Kier alpha value is -0.650. The van der Waals surface area contributed by atoms with E-state index in [0.717, 1.165) is 58.8 Å². The molecular weight excluding hydrogens is 242 g/mol. The third-order valence-corrected chi connectivity index (χ3v) is 4.20. The molecule has 0 aromatic rings. The van der Waals surface area contributed by atoms with Crippen LogP contribution < -0.4 is 5.32 Å². The Kier molecular flexibility index (Phi) is 5.60. The quantitative estimate of drug-likeness (QED) is 0.790. The summed E-state index contributed by atoms with van der Waals surface area (Å²) in [6.07, 6.45) is 1.95. The fraction of sp³-hybridized carbons (Fsp3) is 0.929. The second kappa shape index (κ2) is 7.22. The van der Waals surface area contributed by atoms with Crippen LogP contribution in [0, 0.1) is 5.92 Å². The first-order valence-electron chi connectivity index (χ1n) is 7.45. The molecule has 5 heteroatoms. The van der Waals surface area contributed by atoms with Gasteiger partial charge in [-0.05, 0) is 26.3 Å². The van der Waals surface area contributed by atoms with Crippen LogP contribution in [0.2, 0.25) is 0 Å². The third-order valence-electron chi connectivity index (χ3n) is 4.20. The number of likely N-dealkylation sites (N-methyl/N-ethyl adjacent to an activating group) is 1. The molecule has 2 aliphatic rings. The van der Waals surface area contributed by atoms with E-state index < -0.39 is 0 Å². The number of nitrogens with zero attached hydrogens (tertiary/aromatic N) is 2. The average molecular weight is 269 g/mol. The Morgan fingerprint density at radius 2 is 2.16 bits per heavy atom. The predicted molar refractivity (Wildman–Crippen MR) is 75.1 cm³/mol. The van der Waals surface area contributed by atoms with E-state index in [9.17, 15) is 4.79 Å². The monoisotopic (exact) mass is 269 g/mol. The molecule has 0 unspecified atom stereocenters. The van der Waals surface area contributed by atoms with Crippen molar-refractivity contribution in [1.29, 1.82) is 0 Å². The number of amides is 1. The van der Waals surface area contributed by atoms with Crippen LogP contribution in [0.3, 0.4) is 0 Å². The van der Waals surface area contributed by atoms with Crippen molar-refractivity contribution >= 4 is 5.91 Å². The highest BCUT2D eigenvalue weighted by Crippen LogP contribution is 2.18. The Balaban J connectivity index is 1.72. The maximum Gasteiger partial charge on any atom is 0.225 e. The minimum Gasteiger partial charge on any atom is -0.379 e. The highest BCUT2D eigenvalue weighted by Gasteiger charge is 2.27. The minimum atomic E-state index is 0.214. The van der Waals surface area contributed by atoms with Gasteiger partial charge in [-0.2, -0.15) is 0 Å². The van der Waals surface area contributed by atoms with E-state index >= 15 is 0 Å². The SMILES string of the molecule is C[C@H]1C[C@@H](C(=O)N(C)CCN2CCOCC2)CCN1. The largest absolute Gasteiger partial charge is 0.379 e. The Labute approximate surface area is 116 Å². The van der Waals surface area contributed by atoms with Crippen molar-refractivity contribution in [1.82, 2.24) is 15.1 Å². The molecule has 0 aromatic heterocycles. The molecule has 2 aliphatic heterocycles. The highest BCUT2D eigenvalue weighted by molar-refractivity contribution is 5.78. The van der Waals surface area contributed by atoms with Gasteiger partial charge in [-0.15, -0.1) is 0 Å². The molecule has 2 atom stereocenters. The maximum atomic E-state index is 12.4. The molecule has 2 heterocycles. The minimum absolute atomic E-state index is 0.214. The van der Waals surface area contributed by atoms with E-state index in [1.807, 2.05) is 11.9 Å². The maximum absolute atomic E-state index is 12.4. The second-order valence-electron chi connectivity index (χ2n) is 5.79. The summed E-state index contributed by atoms with van der Waals surface area (Å²) < 4.78 is 5.33. The normalized spacial score (nSPS) is 29.2. The second-order valence-corrected chi connectivity index (χ2v) is 5.79. The lowest BCUT2D eigenvalue weighted by atomic mass is 9.92. The summed E-state index contributed by atoms with van der Waals surface area (Å²) in [6, 6.07) is 0.468. The number of piperidine rings is 1. The lowest BCUT2D eigenvalue weighted by Gasteiger charge is -2.32. The van der Waals surface area contributed by atoms with Gasteiger partial charge in [0.15, 0.2) is 0 Å². The molecule has 2 rings (SSSR count). The summed E-state index contributed by atoms with van der Waals surface area (Å²) in [7, 11) is 1.94. The number of rotatable bonds is 4. The summed E-state index contributed by atoms with van der Waals surface area (Å²) in [5, 5.41) is 3.40. The molecule has 0 aliphatic carbocycles. The predicted octanol–water partition coefficient (Wildman–Crippen LogP) is 0.165. The van der Waals surface area contributed by atoms with Crippen molar-refractivity contribution in [2.45, 2.75) is 25.8 Å². The molecule has 0 radical (unpaired) electrons. The van der Waals surface area contributed by atoms with Crippen LogP contribution in [-0.2, 0) is 9.53 Å². The Morgan fingerprint density at radius 1 is 1.42 bits per heavy atom. The summed E-state index contributed by atoms with van der Waals surface area (Å²) in [4.78, 5) is 16.7. The number of carbonyl (C=O) groups is 1.